The molecular weight excluding hydrogens is 469 g/mol. The molecule has 0 unspecified atom stereocenters. The lowest BCUT2D eigenvalue weighted by Gasteiger charge is -2.11. The van der Waals surface area contributed by atoms with Crippen molar-refractivity contribution in [3.63, 3.8) is 0 Å². The summed E-state index contributed by atoms with van der Waals surface area (Å²) in [6, 6.07) is 6.54. The monoisotopic (exact) mass is 481 g/mol. The van der Waals surface area contributed by atoms with Gasteiger partial charge in [0.1, 0.15) is 9.79 Å². The van der Waals surface area contributed by atoms with E-state index in [1.807, 2.05) is 5.43 Å². The number of benzene rings is 2. The van der Waals surface area contributed by atoms with Crippen molar-refractivity contribution in [3.8, 4) is 0 Å². The third kappa shape index (κ3) is 5.44. The molecular formula is C15H13Cl2N3O7S2. The third-order valence-electron chi connectivity index (χ3n) is 3.44. The first kappa shape index (κ1) is 23.1. The molecule has 10 nitrogen and oxygen atoms in total. The molecule has 4 N–H and O–H groups in total. The minimum atomic E-state index is -4.40. The molecule has 2 aromatic rings. The van der Waals surface area contributed by atoms with E-state index in [0.29, 0.717) is 0 Å². The first-order valence-corrected chi connectivity index (χ1v) is 11.2. The van der Waals surface area contributed by atoms with E-state index in [1.54, 1.807) is 4.83 Å². The Morgan fingerprint density at radius 2 is 1.45 bits per heavy atom. The summed E-state index contributed by atoms with van der Waals surface area (Å²) in [5.74, 6) is -1.80. The number of hydrogen-bond acceptors (Lipinski definition) is 7. The predicted octanol–water partition coefficient (Wildman–Crippen LogP) is 1.05. The van der Waals surface area contributed by atoms with E-state index in [-0.39, 0.29) is 21.2 Å². The molecule has 0 radical (unpaired) electrons. The quantitative estimate of drug-likeness (QED) is 0.410. The number of primary sulfonamides is 1. The van der Waals surface area contributed by atoms with Gasteiger partial charge in [0, 0.05) is 5.56 Å². The molecule has 0 saturated heterocycles. The maximum Gasteiger partial charge on any atom is 0.337 e. The number of ether oxygens (including phenoxy) is 1. The number of nitrogens with one attached hydrogen (secondary N) is 2. The Kier molecular flexibility index (Phi) is 6.88. The van der Waals surface area contributed by atoms with Crippen LogP contribution in [0, 0.1) is 0 Å². The van der Waals surface area contributed by atoms with E-state index >= 15 is 0 Å². The third-order valence-corrected chi connectivity index (χ3v) is 6.56. The Morgan fingerprint density at radius 1 is 0.931 bits per heavy atom. The van der Waals surface area contributed by atoms with Crippen molar-refractivity contribution in [1.82, 2.24) is 10.3 Å². The van der Waals surface area contributed by atoms with Crippen molar-refractivity contribution in [1.29, 1.82) is 0 Å². The van der Waals surface area contributed by atoms with Gasteiger partial charge in [-0.1, -0.05) is 23.2 Å². The first-order valence-electron chi connectivity index (χ1n) is 7.39. The summed E-state index contributed by atoms with van der Waals surface area (Å²) in [7, 11) is -7.49. The topological polar surface area (TPSA) is 162 Å². The van der Waals surface area contributed by atoms with Gasteiger partial charge in [0.15, 0.2) is 0 Å². The fourth-order valence-corrected chi connectivity index (χ4v) is 4.49. The van der Waals surface area contributed by atoms with Crippen LogP contribution in [0.2, 0.25) is 10.0 Å². The largest absolute Gasteiger partial charge is 0.465 e. The van der Waals surface area contributed by atoms with E-state index in [1.165, 1.54) is 12.1 Å². The molecule has 14 heteroatoms. The summed E-state index contributed by atoms with van der Waals surface area (Å²) in [5.41, 5.74) is 1.57. The van der Waals surface area contributed by atoms with Crippen LogP contribution in [0.3, 0.4) is 0 Å². The van der Waals surface area contributed by atoms with Gasteiger partial charge < -0.3 is 4.74 Å². The van der Waals surface area contributed by atoms with Gasteiger partial charge in [-0.25, -0.2) is 26.8 Å². The molecule has 2 aromatic carbocycles. The van der Waals surface area contributed by atoms with Crippen LogP contribution in [0.5, 0.6) is 0 Å². The van der Waals surface area contributed by atoms with E-state index in [4.69, 9.17) is 28.3 Å². The maximum absolute atomic E-state index is 12.4. The van der Waals surface area contributed by atoms with Crippen LogP contribution in [-0.2, 0) is 24.8 Å². The zero-order valence-corrected chi connectivity index (χ0v) is 17.6. The molecule has 0 aliphatic rings. The van der Waals surface area contributed by atoms with Crippen LogP contribution in [0.1, 0.15) is 20.7 Å². The Balaban J connectivity index is 2.28. The zero-order chi connectivity index (χ0) is 22.0. The maximum atomic E-state index is 12.4. The fraction of sp³-hybridized carbons (Fsp3) is 0.0667. The van der Waals surface area contributed by atoms with Crippen LogP contribution >= 0.6 is 23.2 Å². The van der Waals surface area contributed by atoms with Crippen molar-refractivity contribution >= 4 is 55.1 Å². The number of carbonyl (C=O) groups is 2. The summed E-state index contributed by atoms with van der Waals surface area (Å²) in [6.45, 7) is 0. The number of methoxy groups -OCH3 is 1. The highest BCUT2D eigenvalue weighted by atomic mass is 35.5. The molecule has 0 heterocycles. The molecule has 156 valence electrons. The van der Waals surface area contributed by atoms with Crippen molar-refractivity contribution in [3.05, 3.63) is 57.6 Å². The van der Waals surface area contributed by atoms with Gasteiger partial charge in [-0.15, -0.1) is 4.83 Å². The zero-order valence-electron chi connectivity index (χ0n) is 14.5. The summed E-state index contributed by atoms with van der Waals surface area (Å²) in [4.78, 5) is 24.6. The smallest absolute Gasteiger partial charge is 0.337 e. The first-order chi connectivity index (χ1) is 13.4. The second-order valence-corrected chi connectivity index (χ2v) is 9.38. The van der Waals surface area contributed by atoms with Gasteiger partial charge in [-0.2, -0.15) is 0 Å². The highest BCUT2D eigenvalue weighted by Crippen LogP contribution is 2.23. The molecule has 29 heavy (non-hydrogen) atoms. The van der Waals surface area contributed by atoms with Crippen molar-refractivity contribution in [2.24, 2.45) is 5.14 Å². The van der Waals surface area contributed by atoms with Gasteiger partial charge in [0.25, 0.3) is 15.9 Å². The minimum Gasteiger partial charge on any atom is -0.465 e. The lowest BCUT2D eigenvalue weighted by Crippen LogP contribution is -2.41. The van der Waals surface area contributed by atoms with Gasteiger partial charge in [0.2, 0.25) is 10.0 Å². The number of halogens is 2. The van der Waals surface area contributed by atoms with Crippen molar-refractivity contribution < 1.29 is 31.2 Å². The number of nitrogens with two attached hydrogens (primary N) is 1. The van der Waals surface area contributed by atoms with Crippen LogP contribution in [0.4, 0.5) is 0 Å². The van der Waals surface area contributed by atoms with Crippen LogP contribution in [-0.4, -0.2) is 35.8 Å². The highest BCUT2D eigenvalue weighted by Gasteiger charge is 2.22. The minimum absolute atomic E-state index is 0.0842. The molecule has 0 bridgehead atoms. The lowest BCUT2D eigenvalue weighted by molar-refractivity contribution is 0.0600. The summed E-state index contributed by atoms with van der Waals surface area (Å²) in [6.07, 6.45) is 0. The number of rotatable bonds is 6. The molecule has 0 fully saturated rings. The normalized spacial score (nSPS) is 11.7. The number of esters is 1. The van der Waals surface area contributed by atoms with E-state index in [2.05, 4.69) is 4.74 Å². The van der Waals surface area contributed by atoms with Gasteiger partial charge >= 0.3 is 5.97 Å². The number of sulfonamides is 2. The molecule has 0 aliphatic heterocycles. The Hall–Kier alpha value is -2.22. The van der Waals surface area contributed by atoms with E-state index in [0.717, 1.165) is 31.4 Å². The van der Waals surface area contributed by atoms with Gasteiger partial charge in [-0.3, -0.25) is 10.2 Å². The second-order valence-electron chi connectivity index (χ2n) is 5.39. The Bertz CT molecular complexity index is 1200. The molecule has 0 aliphatic carbocycles. The van der Waals surface area contributed by atoms with Crippen molar-refractivity contribution in [2.45, 2.75) is 9.79 Å². The standard InChI is InChI=1S/C15H13Cl2N3O7S2/c1-27-15(22)9-3-5-11(17)13(7-9)29(25,26)20-19-14(21)8-2-4-10(16)12(6-8)28(18,23)24/h2-7,20H,1H3,(H,19,21)(H2,18,23,24). The van der Waals surface area contributed by atoms with Crippen LogP contribution < -0.4 is 15.4 Å². The summed E-state index contributed by atoms with van der Waals surface area (Å²) >= 11 is 11.6. The highest BCUT2D eigenvalue weighted by molar-refractivity contribution is 7.89. The fourth-order valence-electron chi connectivity index (χ4n) is 2.06. The Morgan fingerprint density at radius 3 is 2.00 bits per heavy atom. The number of amides is 1. The van der Waals surface area contributed by atoms with Gasteiger partial charge in [0.05, 0.1) is 22.7 Å². The number of carbonyl (C=O) groups excluding carboxylic acids is 2. The SMILES string of the molecule is COC(=O)c1ccc(Cl)c(S(=O)(=O)NNC(=O)c2ccc(Cl)c(S(N)(=O)=O)c2)c1. The van der Waals surface area contributed by atoms with Crippen molar-refractivity contribution in [2.75, 3.05) is 7.11 Å². The average molecular weight is 482 g/mol. The van der Waals surface area contributed by atoms with Gasteiger partial charge in [-0.05, 0) is 36.4 Å². The van der Waals surface area contributed by atoms with Crippen LogP contribution in [0.25, 0.3) is 0 Å². The number of hydrogen-bond donors (Lipinski definition) is 3. The molecule has 0 aromatic heterocycles. The molecule has 1 amide bonds. The lowest BCUT2D eigenvalue weighted by atomic mass is 10.2. The summed E-state index contributed by atoms with van der Waals surface area (Å²) < 4.78 is 52.3. The second kappa shape index (κ2) is 8.65. The number of hydrazine groups is 1. The predicted molar refractivity (Wildman–Crippen MR) is 103 cm³/mol. The van der Waals surface area contributed by atoms with E-state index in [9.17, 15) is 26.4 Å². The van der Waals surface area contributed by atoms with Crippen LogP contribution in [0.15, 0.2) is 46.2 Å². The molecule has 2 rings (SSSR count). The molecule has 0 spiro atoms. The average Bonchev–Trinajstić information content (AvgIpc) is 2.65. The Labute approximate surface area is 176 Å². The summed E-state index contributed by atoms with van der Waals surface area (Å²) in [5, 5.41) is 4.57. The molecule has 0 atom stereocenters. The van der Waals surface area contributed by atoms with E-state index < -0.39 is 41.7 Å². The molecule has 0 saturated carbocycles.